The molecule has 3 aromatic carbocycles. The molecule has 5 rings (SSSR count). The van der Waals surface area contributed by atoms with Crippen LogP contribution in [0.1, 0.15) is 48.3 Å². The molecule has 1 amide bonds. The zero-order chi connectivity index (χ0) is 23.4. The van der Waals surface area contributed by atoms with Gasteiger partial charge in [0.05, 0.1) is 0 Å². The fourth-order valence-corrected chi connectivity index (χ4v) is 5.92. The van der Waals surface area contributed by atoms with Crippen molar-refractivity contribution in [3.63, 3.8) is 0 Å². The van der Waals surface area contributed by atoms with Crippen LogP contribution in [0.5, 0.6) is 0 Å². The predicted molar refractivity (Wildman–Crippen MR) is 139 cm³/mol. The third-order valence-corrected chi connectivity index (χ3v) is 7.78. The van der Waals surface area contributed by atoms with E-state index in [2.05, 4.69) is 77.7 Å². The molecule has 1 saturated heterocycles. The molecule has 0 saturated carbocycles. The van der Waals surface area contributed by atoms with Crippen molar-refractivity contribution < 1.29 is 4.79 Å². The Kier molecular flexibility index (Phi) is 6.80. The number of rotatable bonds is 8. The second-order valence-electron chi connectivity index (χ2n) is 9.66. The summed E-state index contributed by atoms with van der Waals surface area (Å²) in [6.07, 6.45) is 3.95. The first-order chi connectivity index (χ1) is 16.7. The van der Waals surface area contributed by atoms with E-state index < -0.39 is 5.41 Å². The minimum atomic E-state index is -0.636. The smallest absolute Gasteiger partial charge is 0.242 e. The van der Waals surface area contributed by atoms with Crippen LogP contribution in [0.3, 0.4) is 0 Å². The van der Waals surface area contributed by atoms with Crippen LogP contribution in [0, 0.1) is 0 Å². The van der Waals surface area contributed by atoms with Crippen LogP contribution in [-0.2, 0) is 10.2 Å². The molecule has 0 radical (unpaired) electrons. The maximum atomic E-state index is 14.2. The largest absolute Gasteiger partial charge is 0.330 e. The van der Waals surface area contributed by atoms with Crippen molar-refractivity contribution in [1.29, 1.82) is 0 Å². The van der Waals surface area contributed by atoms with Crippen molar-refractivity contribution in [1.82, 2.24) is 4.90 Å². The van der Waals surface area contributed by atoms with Gasteiger partial charge in [-0.25, -0.2) is 0 Å². The Morgan fingerprint density at radius 3 is 2.18 bits per heavy atom. The summed E-state index contributed by atoms with van der Waals surface area (Å²) < 4.78 is 0. The van der Waals surface area contributed by atoms with E-state index in [1.807, 2.05) is 17.0 Å². The topological polar surface area (TPSA) is 49.6 Å². The van der Waals surface area contributed by atoms with Crippen LogP contribution in [0.4, 0.5) is 5.69 Å². The highest BCUT2D eigenvalue weighted by Crippen LogP contribution is 2.48. The summed E-state index contributed by atoms with van der Waals surface area (Å²) in [5.41, 5.74) is 9.92. The molecule has 0 bridgehead atoms. The molecule has 1 unspecified atom stereocenters. The first kappa shape index (κ1) is 22.8. The first-order valence-corrected chi connectivity index (χ1v) is 12.7. The molecule has 2 heterocycles. The fraction of sp³-hybridized carbons (Fsp3) is 0.367. The summed E-state index contributed by atoms with van der Waals surface area (Å²) >= 11 is 0. The molecule has 2 N–H and O–H groups in total. The summed E-state index contributed by atoms with van der Waals surface area (Å²) in [5.74, 6) is 0.841. The van der Waals surface area contributed by atoms with Crippen molar-refractivity contribution >= 4 is 11.6 Å². The van der Waals surface area contributed by atoms with E-state index in [4.69, 9.17) is 5.73 Å². The molecule has 3 aromatic rings. The Morgan fingerprint density at radius 1 is 0.824 bits per heavy atom. The summed E-state index contributed by atoms with van der Waals surface area (Å²) in [7, 11) is 0. The van der Waals surface area contributed by atoms with Gasteiger partial charge < -0.3 is 15.5 Å². The Bertz CT molecular complexity index is 1090. The van der Waals surface area contributed by atoms with Gasteiger partial charge in [0.15, 0.2) is 0 Å². The Morgan fingerprint density at radius 2 is 1.47 bits per heavy atom. The number of nitrogens with two attached hydrogens (primary N) is 1. The minimum Gasteiger partial charge on any atom is -0.330 e. The molecule has 0 aromatic heterocycles. The number of amides is 1. The second-order valence-corrected chi connectivity index (χ2v) is 9.66. The third kappa shape index (κ3) is 4.17. The Hall–Kier alpha value is -2.95. The lowest BCUT2D eigenvalue weighted by molar-refractivity contribution is -0.122. The van der Waals surface area contributed by atoms with E-state index in [1.165, 1.54) is 18.4 Å². The summed E-state index contributed by atoms with van der Waals surface area (Å²) in [4.78, 5) is 18.7. The standard InChI is InChI=1S/C30H35N3O/c31-19-9-20-33-28-15-8-7-14-27(28)30(29(33)34,26-12-5-2-6-13-26)18-23-32-21-16-25(17-22-32)24-10-3-1-4-11-24/h1-8,10-15,25H,9,16-23,31H2. The fourth-order valence-electron chi connectivity index (χ4n) is 5.92. The van der Waals surface area contributed by atoms with Crippen LogP contribution in [0.15, 0.2) is 84.9 Å². The predicted octanol–water partition coefficient (Wildman–Crippen LogP) is 4.94. The maximum absolute atomic E-state index is 14.2. The molecule has 4 nitrogen and oxygen atoms in total. The van der Waals surface area contributed by atoms with Gasteiger partial charge >= 0.3 is 0 Å². The van der Waals surface area contributed by atoms with Crippen LogP contribution >= 0.6 is 0 Å². The number of fused-ring (bicyclic) bond motifs is 1. The Balaban J connectivity index is 1.39. The second kappa shape index (κ2) is 10.1. The number of hydrogen-bond acceptors (Lipinski definition) is 3. The molecule has 0 spiro atoms. The van der Waals surface area contributed by atoms with Gasteiger partial charge in [0, 0.05) is 12.2 Å². The third-order valence-electron chi connectivity index (χ3n) is 7.78. The number of hydrogen-bond donors (Lipinski definition) is 1. The quantitative estimate of drug-likeness (QED) is 0.526. The van der Waals surface area contributed by atoms with Gasteiger partial charge in [-0.2, -0.15) is 0 Å². The highest BCUT2D eigenvalue weighted by atomic mass is 16.2. The molecular formula is C30H35N3O. The van der Waals surface area contributed by atoms with Crippen LogP contribution < -0.4 is 10.6 Å². The number of para-hydroxylation sites is 1. The molecule has 2 aliphatic heterocycles. The SMILES string of the molecule is NCCCN1C(=O)C(CCN2CCC(c3ccccc3)CC2)(c2ccccc2)c2ccccc21. The highest BCUT2D eigenvalue weighted by molar-refractivity contribution is 6.10. The van der Waals surface area contributed by atoms with E-state index >= 15 is 0 Å². The molecule has 4 heteroatoms. The van der Waals surface area contributed by atoms with Gasteiger partial charge in [-0.3, -0.25) is 4.79 Å². The summed E-state index contributed by atoms with van der Waals surface area (Å²) in [6, 6.07) is 29.7. The van der Waals surface area contributed by atoms with Crippen molar-refractivity contribution in [3.8, 4) is 0 Å². The molecule has 1 atom stereocenters. The maximum Gasteiger partial charge on any atom is 0.242 e. The highest BCUT2D eigenvalue weighted by Gasteiger charge is 2.51. The van der Waals surface area contributed by atoms with Crippen molar-refractivity contribution in [2.24, 2.45) is 5.73 Å². The molecule has 1 fully saturated rings. The number of carbonyl (C=O) groups excluding carboxylic acids is 1. The number of nitrogens with zero attached hydrogens (tertiary/aromatic N) is 2. The van der Waals surface area contributed by atoms with E-state index in [-0.39, 0.29) is 5.91 Å². The van der Waals surface area contributed by atoms with Gasteiger partial charge in [-0.05, 0) is 80.5 Å². The van der Waals surface area contributed by atoms with Gasteiger partial charge in [-0.15, -0.1) is 0 Å². The zero-order valence-corrected chi connectivity index (χ0v) is 19.9. The van der Waals surface area contributed by atoms with Crippen molar-refractivity contribution in [2.75, 3.05) is 37.6 Å². The number of likely N-dealkylation sites (tertiary alicyclic amines) is 1. The van der Waals surface area contributed by atoms with Crippen LogP contribution in [0.2, 0.25) is 0 Å². The summed E-state index contributed by atoms with van der Waals surface area (Å²) in [6.45, 7) is 4.33. The average molecular weight is 454 g/mol. The van der Waals surface area contributed by atoms with Gasteiger partial charge in [0.25, 0.3) is 0 Å². The van der Waals surface area contributed by atoms with Gasteiger partial charge in [0.1, 0.15) is 5.41 Å². The lowest BCUT2D eigenvalue weighted by atomic mass is 9.72. The van der Waals surface area contributed by atoms with Crippen molar-refractivity contribution in [2.45, 2.75) is 37.0 Å². The molecule has 2 aliphatic rings. The Labute approximate surface area is 203 Å². The molecular weight excluding hydrogens is 418 g/mol. The van der Waals surface area contributed by atoms with E-state index in [0.29, 0.717) is 19.0 Å². The molecule has 0 aliphatic carbocycles. The zero-order valence-electron chi connectivity index (χ0n) is 19.9. The number of anilines is 1. The van der Waals surface area contributed by atoms with E-state index in [0.717, 1.165) is 49.3 Å². The lowest BCUT2D eigenvalue weighted by Crippen LogP contribution is -2.45. The van der Waals surface area contributed by atoms with Crippen LogP contribution in [0.25, 0.3) is 0 Å². The number of piperidine rings is 1. The average Bonchev–Trinajstić information content (AvgIpc) is 3.15. The summed E-state index contributed by atoms with van der Waals surface area (Å²) in [5, 5.41) is 0. The van der Waals surface area contributed by atoms with E-state index in [9.17, 15) is 4.79 Å². The van der Waals surface area contributed by atoms with E-state index in [1.54, 1.807) is 0 Å². The van der Waals surface area contributed by atoms with Crippen LogP contribution in [-0.4, -0.2) is 43.5 Å². The van der Waals surface area contributed by atoms with Gasteiger partial charge in [0.2, 0.25) is 5.91 Å². The minimum absolute atomic E-state index is 0.201. The molecule has 34 heavy (non-hydrogen) atoms. The lowest BCUT2D eigenvalue weighted by Gasteiger charge is -2.36. The van der Waals surface area contributed by atoms with Gasteiger partial charge in [-0.1, -0.05) is 78.9 Å². The van der Waals surface area contributed by atoms with Crippen molar-refractivity contribution in [3.05, 3.63) is 102 Å². The monoisotopic (exact) mass is 453 g/mol. The normalized spacial score (nSPS) is 21.1. The number of carbonyl (C=O) groups is 1. The molecule has 176 valence electrons. The number of benzene rings is 3. The first-order valence-electron chi connectivity index (χ1n) is 12.7.